The lowest BCUT2D eigenvalue weighted by Crippen LogP contribution is -2.10. The van der Waals surface area contributed by atoms with Gasteiger partial charge in [0, 0.05) is 6.07 Å². The van der Waals surface area contributed by atoms with Gasteiger partial charge in [0.25, 0.3) is 0 Å². The number of rotatable bonds is 6. The molecule has 19 heavy (non-hydrogen) atoms. The molecule has 6 heteroatoms. The van der Waals surface area contributed by atoms with Crippen LogP contribution in [0.3, 0.4) is 0 Å². The van der Waals surface area contributed by atoms with E-state index in [9.17, 15) is 8.42 Å². The van der Waals surface area contributed by atoms with Gasteiger partial charge < -0.3 is 9.84 Å². The third kappa shape index (κ3) is 3.35. The second kappa shape index (κ2) is 5.88. The summed E-state index contributed by atoms with van der Waals surface area (Å²) in [5, 5.41) is 6.67. The van der Waals surface area contributed by atoms with Crippen molar-refractivity contribution in [2.45, 2.75) is 24.8 Å². The van der Waals surface area contributed by atoms with E-state index in [0.717, 1.165) is 0 Å². The summed E-state index contributed by atoms with van der Waals surface area (Å²) in [6, 6.07) is 8.62. The average molecular weight is 280 g/mol. The molecule has 1 N–H and O–H groups in total. The van der Waals surface area contributed by atoms with Crippen molar-refractivity contribution in [3.63, 3.8) is 0 Å². The van der Waals surface area contributed by atoms with Crippen molar-refractivity contribution in [2.75, 3.05) is 11.1 Å². The minimum atomic E-state index is -3.24. The molecule has 0 aliphatic heterocycles. The Kier molecular flexibility index (Phi) is 4.21. The van der Waals surface area contributed by atoms with E-state index in [0.29, 0.717) is 29.3 Å². The van der Waals surface area contributed by atoms with Crippen LogP contribution in [0.4, 0.5) is 5.69 Å². The molecule has 0 aliphatic carbocycles. The van der Waals surface area contributed by atoms with Crippen molar-refractivity contribution in [1.29, 1.82) is 0 Å². The van der Waals surface area contributed by atoms with Gasteiger partial charge in [-0.1, -0.05) is 24.2 Å². The SMILES string of the molecule is CCCS(=O)(=O)c1ccccc1NCc1ccno1. The Morgan fingerprint density at radius 2 is 2.05 bits per heavy atom. The fourth-order valence-corrected chi connectivity index (χ4v) is 3.30. The Labute approximate surface area is 112 Å². The number of aromatic nitrogens is 1. The van der Waals surface area contributed by atoms with E-state index in [2.05, 4.69) is 10.5 Å². The summed E-state index contributed by atoms with van der Waals surface area (Å²) < 4.78 is 29.2. The van der Waals surface area contributed by atoms with E-state index in [1.807, 2.05) is 6.92 Å². The number of nitrogens with one attached hydrogen (secondary N) is 1. The van der Waals surface area contributed by atoms with Crippen molar-refractivity contribution in [1.82, 2.24) is 5.16 Å². The predicted molar refractivity (Wildman–Crippen MR) is 72.6 cm³/mol. The Bertz CT molecular complexity index is 621. The zero-order valence-corrected chi connectivity index (χ0v) is 11.5. The van der Waals surface area contributed by atoms with E-state index in [1.165, 1.54) is 0 Å². The standard InChI is InChI=1S/C13H16N2O3S/c1-2-9-19(16,17)13-6-4-3-5-12(13)14-10-11-7-8-15-18-11/h3-8,14H,2,9-10H2,1H3. The van der Waals surface area contributed by atoms with Gasteiger partial charge in [-0.3, -0.25) is 0 Å². The zero-order chi connectivity index (χ0) is 13.7. The molecule has 0 saturated heterocycles. The number of anilines is 1. The molecule has 0 radical (unpaired) electrons. The van der Waals surface area contributed by atoms with Crippen LogP contribution in [0.25, 0.3) is 0 Å². The summed E-state index contributed by atoms with van der Waals surface area (Å²) >= 11 is 0. The second-order valence-corrected chi connectivity index (χ2v) is 6.22. The molecule has 0 amide bonds. The highest BCUT2D eigenvalue weighted by atomic mass is 32.2. The van der Waals surface area contributed by atoms with Crippen LogP contribution in [0, 0.1) is 0 Å². The number of hydrogen-bond acceptors (Lipinski definition) is 5. The lowest BCUT2D eigenvalue weighted by Gasteiger charge is -2.11. The summed E-state index contributed by atoms with van der Waals surface area (Å²) in [5.74, 6) is 0.802. The molecule has 1 aromatic heterocycles. The molecule has 0 bridgehead atoms. The van der Waals surface area contributed by atoms with Crippen LogP contribution in [0.2, 0.25) is 0 Å². The van der Waals surface area contributed by atoms with Crippen LogP contribution < -0.4 is 5.32 Å². The summed E-state index contributed by atoms with van der Waals surface area (Å²) in [6.07, 6.45) is 2.15. The Morgan fingerprint density at radius 1 is 1.26 bits per heavy atom. The highest BCUT2D eigenvalue weighted by Gasteiger charge is 2.17. The van der Waals surface area contributed by atoms with Crippen LogP contribution in [0.1, 0.15) is 19.1 Å². The quantitative estimate of drug-likeness (QED) is 0.880. The largest absolute Gasteiger partial charge is 0.377 e. The van der Waals surface area contributed by atoms with Gasteiger partial charge in [-0.15, -0.1) is 0 Å². The molecule has 1 heterocycles. The summed E-state index contributed by atoms with van der Waals surface area (Å²) in [6.45, 7) is 2.25. The van der Waals surface area contributed by atoms with Gasteiger partial charge in [0.2, 0.25) is 0 Å². The van der Waals surface area contributed by atoms with Crippen molar-refractivity contribution >= 4 is 15.5 Å². The van der Waals surface area contributed by atoms with Crippen molar-refractivity contribution in [3.05, 3.63) is 42.3 Å². The molecular weight excluding hydrogens is 264 g/mol. The van der Waals surface area contributed by atoms with Crippen molar-refractivity contribution in [3.8, 4) is 0 Å². The van der Waals surface area contributed by atoms with Gasteiger partial charge in [0.15, 0.2) is 15.6 Å². The first-order valence-electron chi connectivity index (χ1n) is 6.08. The molecule has 0 saturated carbocycles. The normalized spacial score (nSPS) is 11.4. The van der Waals surface area contributed by atoms with E-state index in [4.69, 9.17) is 4.52 Å². The molecule has 2 rings (SSSR count). The average Bonchev–Trinajstić information content (AvgIpc) is 2.90. The minimum absolute atomic E-state index is 0.147. The van der Waals surface area contributed by atoms with Gasteiger partial charge in [-0.2, -0.15) is 0 Å². The fourth-order valence-electron chi connectivity index (χ4n) is 1.78. The van der Waals surface area contributed by atoms with Gasteiger partial charge >= 0.3 is 0 Å². The molecule has 2 aromatic rings. The molecular formula is C13H16N2O3S. The van der Waals surface area contributed by atoms with Crippen LogP contribution >= 0.6 is 0 Å². The minimum Gasteiger partial charge on any atom is -0.377 e. The second-order valence-electron chi connectivity index (χ2n) is 4.15. The van der Waals surface area contributed by atoms with Crippen molar-refractivity contribution in [2.24, 2.45) is 0 Å². The van der Waals surface area contributed by atoms with E-state index < -0.39 is 9.84 Å². The first kappa shape index (κ1) is 13.6. The number of sulfone groups is 1. The van der Waals surface area contributed by atoms with E-state index in [1.54, 1.807) is 36.5 Å². The van der Waals surface area contributed by atoms with E-state index in [-0.39, 0.29) is 5.75 Å². The molecule has 0 unspecified atom stereocenters. The molecule has 0 spiro atoms. The molecule has 0 fully saturated rings. The topological polar surface area (TPSA) is 72.2 Å². The van der Waals surface area contributed by atoms with E-state index >= 15 is 0 Å². The number of hydrogen-bond donors (Lipinski definition) is 1. The predicted octanol–water partition coefficient (Wildman–Crippen LogP) is 2.47. The summed E-state index contributed by atoms with van der Waals surface area (Å²) in [4.78, 5) is 0.330. The maximum absolute atomic E-state index is 12.1. The highest BCUT2D eigenvalue weighted by molar-refractivity contribution is 7.91. The number of para-hydroxylation sites is 1. The van der Waals surface area contributed by atoms with Crippen LogP contribution in [0.5, 0.6) is 0 Å². The first-order chi connectivity index (χ1) is 9.13. The highest BCUT2D eigenvalue weighted by Crippen LogP contribution is 2.23. The number of benzene rings is 1. The molecule has 102 valence electrons. The molecule has 0 aliphatic rings. The van der Waals surface area contributed by atoms with Crippen LogP contribution in [0.15, 0.2) is 45.9 Å². The third-order valence-corrected chi connectivity index (χ3v) is 4.61. The lowest BCUT2D eigenvalue weighted by molar-refractivity contribution is 0.388. The van der Waals surface area contributed by atoms with Gasteiger partial charge in [0.1, 0.15) is 0 Å². The molecule has 5 nitrogen and oxygen atoms in total. The monoisotopic (exact) mass is 280 g/mol. The maximum Gasteiger partial charge on any atom is 0.180 e. The smallest absolute Gasteiger partial charge is 0.180 e. The van der Waals surface area contributed by atoms with Crippen molar-refractivity contribution < 1.29 is 12.9 Å². The van der Waals surface area contributed by atoms with Crippen LogP contribution in [-0.2, 0) is 16.4 Å². The lowest BCUT2D eigenvalue weighted by atomic mass is 10.3. The van der Waals surface area contributed by atoms with Gasteiger partial charge in [-0.25, -0.2) is 8.42 Å². The van der Waals surface area contributed by atoms with Gasteiger partial charge in [-0.05, 0) is 18.6 Å². The Hall–Kier alpha value is -1.82. The van der Waals surface area contributed by atoms with Crippen LogP contribution in [-0.4, -0.2) is 19.3 Å². The maximum atomic E-state index is 12.1. The third-order valence-electron chi connectivity index (χ3n) is 2.64. The molecule has 1 aromatic carbocycles. The fraction of sp³-hybridized carbons (Fsp3) is 0.308. The number of nitrogens with zero attached hydrogens (tertiary/aromatic N) is 1. The molecule has 0 atom stereocenters. The van der Waals surface area contributed by atoms with Gasteiger partial charge in [0.05, 0.1) is 29.1 Å². The zero-order valence-electron chi connectivity index (χ0n) is 10.7. The first-order valence-corrected chi connectivity index (χ1v) is 7.74. The summed E-state index contributed by atoms with van der Waals surface area (Å²) in [7, 11) is -3.24. The summed E-state index contributed by atoms with van der Waals surface area (Å²) in [5.41, 5.74) is 0.590. The Balaban J connectivity index is 2.21. The Morgan fingerprint density at radius 3 is 2.74 bits per heavy atom.